The molecule has 0 aromatic rings. The van der Waals surface area contributed by atoms with Crippen LogP contribution in [0.5, 0.6) is 0 Å². The molecule has 1 nitrogen and oxygen atoms in total. The lowest BCUT2D eigenvalue weighted by atomic mass is 10.3. The van der Waals surface area contributed by atoms with Crippen molar-refractivity contribution in [3.05, 3.63) is 0 Å². The Bertz CT molecular complexity index is 150. The van der Waals surface area contributed by atoms with E-state index in [1.165, 1.54) is 0 Å². The van der Waals surface area contributed by atoms with Gasteiger partial charge in [-0.2, -0.15) is 0 Å². The largest absolute Gasteiger partial charge is 0.395 e. The van der Waals surface area contributed by atoms with Crippen LogP contribution in [0.4, 0.5) is 0 Å². The van der Waals surface area contributed by atoms with Crippen molar-refractivity contribution in [1.29, 1.82) is 0 Å². The number of hydrogen-bond donors (Lipinski definition) is 1. The fourth-order valence-corrected chi connectivity index (χ4v) is 0.394. The second-order valence-electron chi connectivity index (χ2n) is 1.83. The highest BCUT2D eigenvalue weighted by Crippen LogP contribution is 1.79. The molecule has 0 atom stereocenters. The predicted octanol–water partition coefficient (Wildman–Crippen LogP) is 1.18. The predicted molar refractivity (Wildman–Crippen MR) is 42.2 cm³/mol. The van der Waals surface area contributed by atoms with Crippen LogP contribution < -0.4 is 0 Å². The maximum absolute atomic E-state index is 8.32. The van der Waals surface area contributed by atoms with E-state index in [2.05, 4.69) is 30.6 Å². The third-order valence-electron chi connectivity index (χ3n) is 0.851. The molecule has 0 saturated heterocycles. The van der Waals surface area contributed by atoms with Gasteiger partial charge >= 0.3 is 0 Å². The molecule has 0 spiro atoms. The normalized spacial score (nSPS) is 7.00. The minimum absolute atomic E-state index is 0.127. The molecule has 0 fully saturated rings. The maximum atomic E-state index is 8.32. The highest BCUT2D eigenvalue weighted by Gasteiger charge is 1.68. The molecule has 0 aliphatic carbocycles. The number of unbranched alkanes of at least 4 members (excludes halogenated alkanes) is 1. The van der Waals surface area contributed by atoms with Crippen molar-refractivity contribution < 1.29 is 5.11 Å². The summed E-state index contributed by atoms with van der Waals surface area (Å²) in [6, 6.07) is 0. The standard InChI is InChI=1S/C9H12O/c1-2-3-4-5-6-7-8-9-10/h10H,2-3,8-9H2,1H3. The molecule has 0 unspecified atom stereocenters. The third kappa shape index (κ3) is 7.08. The summed E-state index contributed by atoms with van der Waals surface area (Å²) in [4.78, 5) is 0. The molecular weight excluding hydrogens is 124 g/mol. The molecule has 0 amide bonds. The maximum Gasteiger partial charge on any atom is 0.0540 e. The lowest BCUT2D eigenvalue weighted by Crippen LogP contribution is -1.74. The van der Waals surface area contributed by atoms with E-state index in [1.807, 2.05) is 0 Å². The van der Waals surface area contributed by atoms with Crippen LogP contribution in [-0.2, 0) is 0 Å². The van der Waals surface area contributed by atoms with Crippen molar-refractivity contribution in [2.45, 2.75) is 26.2 Å². The molecule has 1 heteroatoms. The highest BCUT2D eigenvalue weighted by atomic mass is 16.2. The molecule has 10 heavy (non-hydrogen) atoms. The number of hydrogen-bond acceptors (Lipinski definition) is 1. The number of rotatable bonds is 2. The molecule has 54 valence electrons. The van der Waals surface area contributed by atoms with Gasteiger partial charge in [-0.25, -0.2) is 0 Å². The minimum Gasteiger partial charge on any atom is -0.395 e. The van der Waals surface area contributed by atoms with Gasteiger partial charge in [-0.3, -0.25) is 0 Å². The first-order valence-corrected chi connectivity index (χ1v) is 3.48. The van der Waals surface area contributed by atoms with Gasteiger partial charge < -0.3 is 5.11 Å². The quantitative estimate of drug-likeness (QED) is 0.565. The van der Waals surface area contributed by atoms with Crippen molar-refractivity contribution >= 4 is 0 Å². The molecule has 0 aliphatic rings. The molecule has 0 rings (SSSR count). The SMILES string of the molecule is CCCC#CC#CCCO. The van der Waals surface area contributed by atoms with Crippen molar-refractivity contribution in [2.24, 2.45) is 0 Å². The van der Waals surface area contributed by atoms with Crippen molar-refractivity contribution in [2.75, 3.05) is 6.61 Å². The van der Waals surface area contributed by atoms with Crippen LogP contribution in [-0.4, -0.2) is 11.7 Å². The van der Waals surface area contributed by atoms with Gasteiger partial charge in [-0.05, 0) is 18.3 Å². The van der Waals surface area contributed by atoms with Crippen molar-refractivity contribution in [1.82, 2.24) is 0 Å². The first-order valence-electron chi connectivity index (χ1n) is 3.48. The average Bonchev–Trinajstić information content (AvgIpc) is 1.97. The zero-order valence-electron chi connectivity index (χ0n) is 6.28. The average molecular weight is 136 g/mol. The Hall–Kier alpha value is -0.920. The Morgan fingerprint density at radius 3 is 2.20 bits per heavy atom. The Balaban J connectivity index is 3.36. The van der Waals surface area contributed by atoms with E-state index in [4.69, 9.17) is 5.11 Å². The summed E-state index contributed by atoms with van der Waals surface area (Å²) in [6.07, 6.45) is 2.52. The monoisotopic (exact) mass is 136 g/mol. The van der Waals surface area contributed by atoms with Crippen LogP contribution in [0.25, 0.3) is 0 Å². The third-order valence-corrected chi connectivity index (χ3v) is 0.851. The fourth-order valence-electron chi connectivity index (χ4n) is 0.394. The summed E-state index contributed by atoms with van der Waals surface area (Å²) >= 11 is 0. The molecule has 0 aromatic heterocycles. The summed E-state index contributed by atoms with van der Waals surface area (Å²) in [6.45, 7) is 2.21. The highest BCUT2D eigenvalue weighted by molar-refractivity contribution is 5.25. The first kappa shape index (κ1) is 9.08. The zero-order valence-corrected chi connectivity index (χ0v) is 6.28. The van der Waals surface area contributed by atoms with Gasteiger partial charge in [0.25, 0.3) is 0 Å². The second-order valence-corrected chi connectivity index (χ2v) is 1.83. The van der Waals surface area contributed by atoms with Crippen molar-refractivity contribution in [3.8, 4) is 23.7 Å². The summed E-state index contributed by atoms with van der Waals surface area (Å²) in [5.41, 5.74) is 0. The van der Waals surface area contributed by atoms with E-state index < -0.39 is 0 Å². The van der Waals surface area contributed by atoms with Gasteiger partial charge in [-0.15, -0.1) is 0 Å². The zero-order chi connectivity index (χ0) is 7.66. The fraction of sp³-hybridized carbons (Fsp3) is 0.556. The Morgan fingerprint density at radius 2 is 1.70 bits per heavy atom. The van der Waals surface area contributed by atoms with Crippen LogP contribution >= 0.6 is 0 Å². The van der Waals surface area contributed by atoms with Crippen LogP contribution in [0.1, 0.15) is 26.2 Å². The van der Waals surface area contributed by atoms with Gasteiger partial charge in [0.1, 0.15) is 0 Å². The van der Waals surface area contributed by atoms with Crippen LogP contribution in [0.3, 0.4) is 0 Å². The number of aliphatic hydroxyl groups is 1. The number of aliphatic hydroxyl groups excluding tert-OH is 1. The van der Waals surface area contributed by atoms with Gasteiger partial charge in [0.15, 0.2) is 0 Å². The van der Waals surface area contributed by atoms with E-state index in [9.17, 15) is 0 Å². The summed E-state index contributed by atoms with van der Waals surface area (Å²) < 4.78 is 0. The van der Waals surface area contributed by atoms with Gasteiger partial charge in [-0.1, -0.05) is 18.8 Å². The molecule has 0 radical (unpaired) electrons. The summed E-state index contributed by atoms with van der Waals surface area (Å²) in [7, 11) is 0. The van der Waals surface area contributed by atoms with Crippen molar-refractivity contribution in [3.63, 3.8) is 0 Å². The minimum atomic E-state index is 0.127. The summed E-state index contributed by atoms with van der Waals surface area (Å²) in [5.74, 6) is 11.0. The molecule has 0 aromatic carbocycles. The molecule has 0 saturated carbocycles. The van der Waals surface area contributed by atoms with Crippen LogP contribution in [0.2, 0.25) is 0 Å². The van der Waals surface area contributed by atoms with Gasteiger partial charge in [0.2, 0.25) is 0 Å². The first-order chi connectivity index (χ1) is 4.91. The van der Waals surface area contributed by atoms with Gasteiger partial charge in [0.05, 0.1) is 6.61 Å². The van der Waals surface area contributed by atoms with E-state index in [0.717, 1.165) is 12.8 Å². The van der Waals surface area contributed by atoms with Crippen LogP contribution in [0.15, 0.2) is 0 Å². The Morgan fingerprint density at radius 1 is 1.10 bits per heavy atom. The lowest BCUT2D eigenvalue weighted by Gasteiger charge is -1.74. The topological polar surface area (TPSA) is 20.2 Å². The Labute approximate surface area is 62.5 Å². The molecule has 1 N–H and O–H groups in total. The molecular formula is C9H12O. The van der Waals surface area contributed by atoms with Crippen LogP contribution in [0, 0.1) is 23.7 Å². The molecule has 0 bridgehead atoms. The Kier molecular flexibility index (Phi) is 7.34. The summed E-state index contributed by atoms with van der Waals surface area (Å²) in [5, 5.41) is 8.32. The van der Waals surface area contributed by atoms with Gasteiger partial charge in [0, 0.05) is 12.8 Å². The molecule has 0 aliphatic heterocycles. The van der Waals surface area contributed by atoms with E-state index >= 15 is 0 Å². The lowest BCUT2D eigenvalue weighted by molar-refractivity contribution is 0.305. The smallest absolute Gasteiger partial charge is 0.0540 e. The molecule has 0 heterocycles. The van der Waals surface area contributed by atoms with E-state index in [0.29, 0.717) is 6.42 Å². The second kappa shape index (κ2) is 8.08. The van der Waals surface area contributed by atoms with E-state index in [1.54, 1.807) is 0 Å². The van der Waals surface area contributed by atoms with E-state index in [-0.39, 0.29) is 6.61 Å².